The molecule has 1 aliphatic rings. The Labute approximate surface area is 698 Å². The number of para-hydroxylation sites is 5. The van der Waals surface area contributed by atoms with E-state index in [0.717, 1.165) is 165 Å². The fraction of sp³-hybridized carbons (Fsp3) is 0.00877. The fourth-order valence-corrected chi connectivity index (χ4v) is 20.5. The number of fused-ring (bicyclic) bond motifs is 29. The van der Waals surface area contributed by atoms with Gasteiger partial charge in [-0.3, -0.25) is 9.13 Å². The van der Waals surface area contributed by atoms with E-state index < -0.39 is 6.04 Å². The summed E-state index contributed by atoms with van der Waals surface area (Å²) < 4.78 is 13.4. The molecule has 0 fully saturated rings. The number of aromatic nitrogens is 5. The van der Waals surface area contributed by atoms with Crippen LogP contribution >= 0.6 is 0 Å². The number of allylic oxidation sites excluding steroid dienone is 2. The van der Waals surface area contributed by atoms with Crippen LogP contribution in [0.3, 0.4) is 0 Å². The first-order valence-corrected chi connectivity index (χ1v) is 41.8. The average molecular weight is 1550 g/mol. The number of furan rings is 1. The molecule has 5 heterocycles. The molecule has 566 valence electrons. The molecule has 8 nitrogen and oxygen atoms in total. The zero-order valence-electron chi connectivity index (χ0n) is 65.9. The monoisotopic (exact) mass is 1550 g/mol. The van der Waals surface area contributed by atoms with E-state index in [2.05, 4.69) is 390 Å². The molecule has 1 unspecified atom stereocenters. The SMILES string of the molecule is NC1C=CC=C/C1=C(/N=C/n1c2ccccc2c2c3c4ccccc4c(-c4ccc5oc6ccccc6c5c4)cc3c3ccccc3c21)c1ccc2cc(-c3ccc4c5c6c7ccccc7c(-c7ccc8c(c7)c7ccccc7n8-c7ccccc7)cc6c6ccccc6c5n(-c5nc(-c6ccc7ccccc7c6)c6ccccc6n5)c4c3)ccc2c1. The molecule has 26 rings (SSSR count). The Balaban J connectivity index is 0.647. The summed E-state index contributed by atoms with van der Waals surface area (Å²) >= 11 is 0. The van der Waals surface area contributed by atoms with Gasteiger partial charge in [-0.25, -0.2) is 15.0 Å². The summed E-state index contributed by atoms with van der Waals surface area (Å²) in [5.74, 6) is 0.594. The first-order chi connectivity index (χ1) is 60.4. The molecule has 25 aromatic rings. The van der Waals surface area contributed by atoms with Gasteiger partial charge < -0.3 is 14.7 Å². The molecule has 0 spiro atoms. The highest BCUT2D eigenvalue weighted by Gasteiger charge is 2.28. The normalized spacial score (nSPS) is 13.9. The second kappa shape index (κ2) is 26.4. The van der Waals surface area contributed by atoms with E-state index in [0.29, 0.717) is 5.95 Å². The third kappa shape index (κ3) is 10.2. The van der Waals surface area contributed by atoms with Crippen LogP contribution in [0.15, 0.2) is 409 Å². The summed E-state index contributed by atoms with van der Waals surface area (Å²) in [4.78, 5) is 17.2. The van der Waals surface area contributed by atoms with Crippen molar-refractivity contribution < 1.29 is 4.42 Å². The third-order valence-electron chi connectivity index (χ3n) is 26.0. The lowest BCUT2D eigenvalue weighted by Gasteiger charge is -2.17. The molecule has 2 N–H and O–H groups in total. The molecule has 8 heteroatoms. The smallest absolute Gasteiger partial charge is 0.235 e. The van der Waals surface area contributed by atoms with Gasteiger partial charge in [0.05, 0.1) is 56.0 Å². The molecule has 5 aromatic heterocycles. The van der Waals surface area contributed by atoms with Crippen molar-refractivity contribution in [2.24, 2.45) is 10.7 Å². The first-order valence-electron chi connectivity index (χ1n) is 41.8. The maximum absolute atomic E-state index is 7.18. The predicted molar refractivity (Wildman–Crippen MR) is 514 cm³/mol. The molecule has 1 atom stereocenters. The summed E-state index contributed by atoms with van der Waals surface area (Å²) in [6.07, 6.45) is 10.3. The van der Waals surface area contributed by atoms with Gasteiger partial charge in [0.2, 0.25) is 5.95 Å². The lowest BCUT2D eigenvalue weighted by molar-refractivity contribution is 0.669. The van der Waals surface area contributed by atoms with E-state index in [1.54, 1.807) is 0 Å². The largest absolute Gasteiger partial charge is 0.456 e. The van der Waals surface area contributed by atoms with Gasteiger partial charge in [0.1, 0.15) is 17.5 Å². The second-order valence-corrected chi connectivity index (χ2v) is 32.6. The number of nitrogens with zero attached hydrogens (tertiary/aromatic N) is 6. The van der Waals surface area contributed by atoms with E-state index in [-0.39, 0.29) is 0 Å². The zero-order chi connectivity index (χ0) is 79.9. The van der Waals surface area contributed by atoms with Crippen molar-refractivity contribution in [3.05, 3.63) is 405 Å². The molecule has 0 amide bonds. The molecular weight excluding hydrogens is 1480 g/mol. The van der Waals surface area contributed by atoms with Crippen LogP contribution < -0.4 is 5.73 Å². The third-order valence-corrected chi connectivity index (χ3v) is 26.0. The van der Waals surface area contributed by atoms with Crippen LogP contribution in [-0.2, 0) is 0 Å². The summed E-state index contributed by atoms with van der Waals surface area (Å²) in [6, 6.07) is 135. The van der Waals surface area contributed by atoms with Crippen molar-refractivity contribution in [3.8, 4) is 56.3 Å². The van der Waals surface area contributed by atoms with Crippen LogP contribution in [0.5, 0.6) is 0 Å². The molecule has 0 aliphatic heterocycles. The van der Waals surface area contributed by atoms with Gasteiger partial charge in [-0.15, -0.1) is 0 Å². The molecule has 20 aromatic carbocycles. The summed E-state index contributed by atoms with van der Waals surface area (Å²) in [6.45, 7) is 0. The Kier molecular flexibility index (Phi) is 14.7. The van der Waals surface area contributed by atoms with Crippen molar-refractivity contribution in [1.82, 2.24) is 23.7 Å². The van der Waals surface area contributed by atoms with Crippen molar-refractivity contribution in [2.45, 2.75) is 6.04 Å². The molecular formula is C114H69N7O. The summed E-state index contributed by atoms with van der Waals surface area (Å²) in [5.41, 5.74) is 28.9. The number of nitrogens with two attached hydrogens (primary N) is 1. The van der Waals surface area contributed by atoms with Gasteiger partial charge in [-0.2, -0.15) is 0 Å². The van der Waals surface area contributed by atoms with Crippen LogP contribution in [0.25, 0.3) is 246 Å². The molecule has 0 saturated carbocycles. The molecule has 0 saturated heterocycles. The molecule has 0 bridgehead atoms. The van der Waals surface area contributed by atoms with Gasteiger partial charge in [-0.1, -0.05) is 297 Å². The number of hydrogen-bond donors (Lipinski definition) is 1. The highest BCUT2D eigenvalue weighted by atomic mass is 16.3. The van der Waals surface area contributed by atoms with E-state index in [4.69, 9.17) is 25.1 Å². The van der Waals surface area contributed by atoms with E-state index in [1.807, 2.05) is 24.5 Å². The quantitative estimate of drug-likeness (QED) is 0.0885. The maximum atomic E-state index is 7.18. The number of hydrogen-bond acceptors (Lipinski definition) is 5. The Morgan fingerprint density at radius 3 is 1.61 bits per heavy atom. The summed E-state index contributed by atoms with van der Waals surface area (Å²) in [5, 5.41) is 28.7. The maximum Gasteiger partial charge on any atom is 0.235 e. The minimum absolute atomic E-state index is 0.397. The minimum Gasteiger partial charge on any atom is -0.456 e. The first kappa shape index (κ1) is 68.0. The molecule has 0 radical (unpaired) electrons. The lowest BCUT2D eigenvalue weighted by atomic mass is 9.88. The predicted octanol–water partition coefficient (Wildman–Crippen LogP) is 29.5. The Hall–Kier alpha value is -16.1. The Bertz CT molecular complexity index is 9060. The number of benzene rings is 20. The average Bonchev–Trinajstić information content (AvgIpc) is 1.58. The van der Waals surface area contributed by atoms with Gasteiger partial charge in [0, 0.05) is 86.8 Å². The highest BCUT2D eigenvalue weighted by molar-refractivity contribution is 6.40. The van der Waals surface area contributed by atoms with Crippen LogP contribution in [0.1, 0.15) is 5.56 Å². The van der Waals surface area contributed by atoms with Gasteiger partial charge in [-0.05, 0) is 201 Å². The topological polar surface area (TPSA) is 92.1 Å². The van der Waals surface area contributed by atoms with Crippen molar-refractivity contribution in [3.63, 3.8) is 0 Å². The van der Waals surface area contributed by atoms with Crippen molar-refractivity contribution >= 4 is 196 Å². The van der Waals surface area contributed by atoms with Gasteiger partial charge >= 0.3 is 0 Å². The number of aliphatic imine (C=N–C) groups is 1. The van der Waals surface area contributed by atoms with E-state index in [1.165, 1.54) is 86.8 Å². The molecule has 122 heavy (non-hydrogen) atoms. The van der Waals surface area contributed by atoms with Crippen molar-refractivity contribution in [2.75, 3.05) is 0 Å². The minimum atomic E-state index is -0.397. The summed E-state index contributed by atoms with van der Waals surface area (Å²) in [7, 11) is 0. The fourth-order valence-electron chi connectivity index (χ4n) is 20.5. The Morgan fingerprint density at radius 1 is 0.320 bits per heavy atom. The standard InChI is InChI=1S/C114H69N7O/c115-98-41-19-14-38-88(98)110(116-66-119-100-43-21-17-40-90(100)108-106-84-34-10-6-28-78(84)93(65-96(106)80-30-8-12-36-86(80)112(108)119)74-54-57-105-95(62-74)83-33-18-23-45-104(83)122-105)75-51-49-69-58-70(47-48-71(69)60-75)72-52-55-91-103(63-72)121(114-117-99-42-20-15-39-89(99)111(118-114)76-50-46-67-24-4-5-25-68(67)59-76)113-87-37-13-9-31-81(87)97-64-92(79-29-7-11-35-85(79)107(97)109(91)113)73-53-56-102-94(61-73)82-32-16-22-44-101(82)120(102)77-26-2-1-3-27-77/h1-66,98H,115H2/b110-88-,116-66+. The lowest BCUT2D eigenvalue weighted by Crippen LogP contribution is -2.21. The van der Waals surface area contributed by atoms with Crippen LogP contribution in [0.2, 0.25) is 0 Å². The van der Waals surface area contributed by atoms with Crippen molar-refractivity contribution in [1.29, 1.82) is 0 Å². The van der Waals surface area contributed by atoms with Crippen LogP contribution in [0, 0.1) is 0 Å². The van der Waals surface area contributed by atoms with E-state index >= 15 is 0 Å². The number of rotatable bonds is 9. The second-order valence-electron chi connectivity index (χ2n) is 32.6. The van der Waals surface area contributed by atoms with Crippen LogP contribution in [0.4, 0.5) is 0 Å². The van der Waals surface area contributed by atoms with Crippen LogP contribution in [-0.4, -0.2) is 36.0 Å². The molecule has 1 aliphatic carbocycles. The van der Waals surface area contributed by atoms with E-state index in [9.17, 15) is 0 Å². The Morgan fingerprint density at radius 2 is 0.844 bits per heavy atom. The zero-order valence-corrected chi connectivity index (χ0v) is 65.9. The van der Waals surface area contributed by atoms with Gasteiger partial charge in [0.15, 0.2) is 0 Å². The highest BCUT2D eigenvalue weighted by Crippen LogP contribution is 2.51. The van der Waals surface area contributed by atoms with Gasteiger partial charge in [0.25, 0.3) is 0 Å².